The van der Waals surface area contributed by atoms with E-state index in [1.165, 1.54) is 14.0 Å². The lowest BCUT2D eigenvalue weighted by Gasteiger charge is -2.07. The Morgan fingerprint density at radius 1 is 1.11 bits per heavy atom. The number of Topliss-reactive ketones (excluding diaryl/α,β-unsaturated/α-hetero) is 1. The number of aromatic amines is 1. The number of aromatic nitrogens is 1. The van der Waals surface area contributed by atoms with Crippen LogP contribution in [0.25, 0.3) is 0 Å². The maximum absolute atomic E-state index is 12.3. The minimum atomic E-state index is -0.603. The van der Waals surface area contributed by atoms with E-state index in [-0.39, 0.29) is 41.8 Å². The van der Waals surface area contributed by atoms with Gasteiger partial charge in [-0.05, 0) is 30.2 Å². The van der Waals surface area contributed by atoms with Crippen LogP contribution in [0.2, 0.25) is 0 Å². The van der Waals surface area contributed by atoms with Crippen LogP contribution in [0.5, 0.6) is 0 Å². The number of rotatable bonds is 7. The van der Waals surface area contributed by atoms with Gasteiger partial charge in [-0.2, -0.15) is 0 Å². The molecule has 0 aliphatic heterocycles. The van der Waals surface area contributed by atoms with E-state index in [4.69, 9.17) is 4.74 Å². The summed E-state index contributed by atoms with van der Waals surface area (Å²) in [7, 11) is 2.80. The Hall–Kier alpha value is -3.42. The summed E-state index contributed by atoms with van der Waals surface area (Å²) < 4.78 is 4.77. The van der Waals surface area contributed by atoms with Crippen molar-refractivity contribution < 1.29 is 23.9 Å². The first kappa shape index (κ1) is 20.9. The molecule has 0 aliphatic rings. The van der Waals surface area contributed by atoms with Gasteiger partial charge in [-0.15, -0.1) is 0 Å². The zero-order valence-corrected chi connectivity index (χ0v) is 16.3. The van der Waals surface area contributed by atoms with Crippen molar-refractivity contribution in [3.05, 3.63) is 57.9 Å². The van der Waals surface area contributed by atoms with E-state index in [1.807, 2.05) is 0 Å². The van der Waals surface area contributed by atoms with Crippen molar-refractivity contribution in [2.24, 2.45) is 0 Å². The van der Waals surface area contributed by atoms with Crippen LogP contribution in [0.4, 0.5) is 0 Å². The van der Waals surface area contributed by atoms with E-state index in [9.17, 15) is 19.2 Å². The van der Waals surface area contributed by atoms with E-state index in [0.29, 0.717) is 16.8 Å². The fourth-order valence-corrected chi connectivity index (χ4v) is 2.86. The summed E-state index contributed by atoms with van der Waals surface area (Å²) >= 11 is 0. The minimum absolute atomic E-state index is 0.102. The highest BCUT2D eigenvalue weighted by atomic mass is 16.5. The maximum atomic E-state index is 12.3. The van der Waals surface area contributed by atoms with Gasteiger partial charge in [0.1, 0.15) is 0 Å². The molecule has 0 radical (unpaired) electrons. The molecule has 0 fully saturated rings. The average Bonchev–Trinajstić information content (AvgIpc) is 3.01. The summed E-state index contributed by atoms with van der Waals surface area (Å²) in [6, 6.07) is 6.83. The monoisotopic (exact) mass is 385 g/mol. The predicted molar refractivity (Wildman–Crippen MR) is 102 cm³/mol. The Morgan fingerprint density at radius 2 is 1.75 bits per heavy atom. The Labute approximate surface area is 162 Å². The number of H-pyrrole nitrogens is 1. The summed E-state index contributed by atoms with van der Waals surface area (Å²) in [5.74, 6) is -1.34. The number of carbonyl (C=O) groups excluding carboxylic acids is 4. The number of benzene rings is 1. The number of hydrogen-bond donors (Lipinski definition) is 3. The number of esters is 1. The SMILES string of the molecule is CNC(=O)c1ccc(CNC(=O)Cc2[nH]c(C(C)=O)c(C)c2C(=O)OC)cc1. The summed E-state index contributed by atoms with van der Waals surface area (Å²) in [6.45, 7) is 3.28. The van der Waals surface area contributed by atoms with Crippen LogP contribution in [-0.2, 0) is 22.5 Å². The summed E-state index contributed by atoms with van der Waals surface area (Å²) in [4.78, 5) is 50.5. The topological polar surface area (TPSA) is 117 Å². The molecule has 148 valence electrons. The summed E-state index contributed by atoms with van der Waals surface area (Å²) in [6.07, 6.45) is -0.102. The second-order valence-electron chi connectivity index (χ2n) is 6.26. The van der Waals surface area contributed by atoms with E-state index in [0.717, 1.165) is 5.56 Å². The Morgan fingerprint density at radius 3 is 2.29 bits per heavy atom. The fourth-order valence-electron chi connectivity index (χ4n) is 2.86. The molecule has 2 aromatic rings. The van der Waals surface area contributed by atoms with Gasteiger partial charge in [0.15, 0.2) is 5.78 Å². The van der Waals surface area contributed by atoms with Crippen LogP contribution >= 0.6 is 0 Å². The fraction of sp³-hybridized carbons (Fsp3) is 0.300. The van der Waals surface area contributed by atoms with Crippen molar-refractivity contribution in [2.45, 2.75) is 26.8 Å². The molecule has 3 N–H and O–H groups in total. The molecule has 0 saturated carbocycles. The van der Waals surface area contributed by atoms with Crippen molar-refractivity contribution >= 4 is 23.6 Å². The van der Waals surface area contributed by atoms with E-state index < -0.39 is 5.97 Å². The number of methoxy groups -OCH3 is 1. The molecule has 1 heterocycles. The highest BCUT2D eigenvalue weighted by molar-refractivity contribution is 6.01. The molecule has 0 saturated heterocycles. The number of nitrogens with one attached hydrogen (secondary N) is 3. The van der Waals surface area contributed by atoms with Gasteiger partial charge >= 0.3 is 5.97 Å². The van der Waals surface area contributed by atoms with Gasteiger partial charge < -0.3 is 20.4 Å². The highest BCUT2D eigenvalue weighted by Crippen LogP contribution is 2.20. The molecule has 0 bridgehead atoms. The first-order chi connectivity index (χ1) is 13.3. The van der Waals surface area contributed by atoms with Crippen molar-refractivity contribution in [3.8, 4) is 0 Å². The molecule has 8 heteroatoms. The Bertz CT molecular complexity index is 913. The lowest BCUT2D eigenvalue weighted by Crippen LogP contribution is -2.25. The molecule has 28 heavy (non-hydrogen) atoms. The smallest absolute Gasteiger partial charge is 0.339 e. The third-order valence-electron chi connectivity index (χ3n) is 4.34. The van der Waals surface area contributed by atoms with Crippen LogP contribution in [0.1, 0.15) is 54.9 Å². The van der Waals surface area contributed by atoms with E-state index in [2.05, 4.69) is 15.6 Å². The second-order valence-corrected chi connectivity index (χ2v) is 6.26. The lowest BCUT2D eigenvalue weighted by atomic mass is 10.1. The zero-order chi connectivity index (χ0) is 20.8. The summed E-state index contributed by atoms with van der Waals surface area (Å²) in [5, 5.41) is 5.29. The Balaban J connectivity index is 2.08. The van der Waals surface area contributed by atoms with Crippen molar-refractivity contribution in [3.63, 3.8) is 0 Å². The zero-order valence-electron chi connectivity index (χ0n) is 16.3. The van der Waals surface area contributed by atoms with Gasteiger partial charge in [-0.1, -0.05) is 12.1 Å². The number of amides is 2. The third-order valence-corrected chi connectivity index (χ3v) is 4.34. The van der Waals surface area contributed by atoms with Crippen LogP contribution in [0, 0.1) is 6.92 Å². The van der Waals surface area contributed by atoms with E-state index in [1.54, 1.807) is 38.2 Å². The molecule has 2 rings (SSSR count). The number of hydrogen-bond acceptors (Lipinski definition) is 5. The molecule has 1 aromatic carbocycles. The summed E-state index contributed by atoms with van der Waals surface area (Å²) in [5.41, 5.74) is 2.64. The largest absolute Gasteiger partial charge is 0.465 e. The maximum Gasteiger partial charge on any atom is 0.339 e. The number of ketones is 1. The number of ether oxygens (including phenoxy) is 1. The predicted octanol–water partition coefficient (Wildman–Crippen LogP) is 1.53. The Kier molecular flexibility index (Phi) is 6.70. The number of carbonyl (C=O) groups is 4. The molecular formula is C20H23N3O5. The van der Waals surface area contributed by atoms with Gasteiger partial charge in [-0.3, -0.25) is 14.4 Å². The molecule has 8 nitrogen and oxygen atoms in total. The van der Waals surface area contributed by atoms with Gasteiger partial charge in [0.05, 0.1) is 24.8 Å². The van der Waals surface area contributed by atoms with Crippen LogP contribution in [0.15, 0.2) is 24.3 Å². The first-order valence-electron chi connectivity index (χ1n) is 8.66. The quantitative estimate of drug-likeness (QED) is 0.494. The van der Waals surface area contributed by atoms with Crippen LogP contribution in [-0.4, -0.2) is 42.7 Å². The standard InChI is InChI=1S/C20H23N3O5/c1-11-17(20(27)28-4)15(23-18(11)12(2)24)9-16(25)22-10-13-5-7-14(8-6-13)19(26)21-3/h5-8,23H,9-10H2,1-4H3,(H,21,26)(H,22,25). The van der Waals surface area contributed by atoms with Crippen molar-refractivity contribution in [1.29, 1.82) is 0 Å². The van der Waals surface area contributed by atoms with Gasteiger partial charge in [0, 0.05) is 31.8 Å². The van der Waals surface area contributed by atoms with Gasteiger partial charge in [-0.25, -0.2) is 4.79 Å². The van der Waals surface area contributed by atoms with Crippen LogP contribution < -0.4 is 10.6 Å². The van der Waals surface area contributed by atoms with Crippen molar-refractivity contribution in [1.82, 2.24) is 15.6 Å². The van der Waals surface area contributed by atoms with E-state index >= 15 is 0 Å². The van der Waals surface area contributed by atoms with Crippen molar-refractivity contribution in [2.75, 3.05) is 14.2 Å². The highest BCUT2D eigenvalue weighted by Gasteiger charge is 2.24. The molecule has 0 atom stereocenters. The van der Waals surface area contributed by atoms with Gasteiger partial charge in [0.2, 0.25) is 5.91 Å². The second kappa shape index (κ2) is 8.98. The molecule has 0 aliphatic carbocycles. The molecule has 2 amide bonds. The molecule has 1 aromatic heterocycles. The normalized spacial score (nSPS) is 10.3. The van der Waals surface area contributed by atoms with Gasteiger partial charge in [0.25, 0.3) is 5.91 Å². The average molecular weight is 385 g/mol. The minimum Gasteiger partial charge on any atom is -0.465 e. The first-order valence-corrected chi connectivity index (χ1v) is 8.66. The molecule has 0 unspecified atom stereocenters. The third kappa shape index (κ3) is 4.64. The molecular weight excluding hydrogens is 362 g/mol. The molecule has 0 spiro atoms. The lowest BCUT2D eigenvalue weighted by molar-refractivity contribution is -0.120. The van der Waals surface area contributed by atoms with Crippen LogP contribution in [0.3, 0.4) is 0 Å².